The van der Waals surface area contributed by atoms with Crippen LogP contribution >= 0.6 is 0 Å². The van der Waals surface area contributed by atoms with Gasteiger partial charge in [-0.05, 0) is 4.92 Å². The largest absolute Gasteiger partial charge is 0.469 e. The Labute approximate surface area is 84.0 Å². The van der Waals surface area contributed by atoms with Gasteiger partial charge < -0.3 is 20.0 Å². The maximum absolute atomic E-state index is 10.8. The average molecular weight is 215 g/mol. The molecule has 0 spiro atoms. The van der Waals surface area contributed by atoms with Crippen molar-refractivity contribution < 1.29 is 19.6 Å². The van der Waals surface area contributed by atoms with Crippen molar-refractivity contribution in [3.05, 3.63) is 21.9 Å². The van der Waals surface area contributed by atoms with Crippen LogP contribution in [0.1, 0.15) is 18.2 Å². The first-order valence-electron chi connectivity index (χ1n) is 3.99. The Morgan fingerprint density at radius 3 is 3.00 bits per heavy atom. The summed E-state index contributed by atoms with van der Waals surface area (Å²) in [4.78, 5) is 20.4. The van der Waals surface area contributed by atoms with Crippen molar-refractivity contribution in [2.24, 2.45) is 0 Å². The molecule has 8 nitrogen and oxygen atoms in total. The summed E-state index contributed by atoms with van der Waals surface area (Å²) in [5.41, 5.74) is 0.0344. The molecular formula is C7H9N3O5. The van der Waals surface area contributed by atoms with Crippen molar-refractivity contribution in [2.45, 2.75) is 12.5 Å². The van der Waals surface area contributed by atoms with E-state index in [1.165, 1.54) is 7.11 Å². The number of ether oxygens (including phenoxy) is 1. The Kier molecular flexibility index (Phi) is 3.34. The summed E-state index contributed by atoms with van der Waals surface area (Å²) < 4.78 is 4.33. The molecule has 0 saturated heterocycles. The molecule has 1 unspecified atom stereocenters. The number of aliphatic hydroxyl groups excluding tert-OH is 1. The monoisotopic (exact) mass is 215 g/mol. The molecule has 82 valence electrons. The smallest absolute Gasteiger partial charge is 0.342 e. The molecule has 8 heteroatoms. The highest BCUT2D eigenvalue weighted by molar-refractivity contribution is 5.69. The summed E-state index contributed by atoms with van der Waals surface area (Å²) in [6.07, 6.45) is -1.50. The van der Waals surface area contributed by atoms with E-state index in [2.05, 4.69) is 14.9 Å². The van der Waals surface area contributed by atoms with Gasteiger partial charge in [-0.1, -0.05) is 5.10 Å². The van der Waals surface area contributed by atoms with Gasteiger partial charge in [0.15, 0.2) is 0 Å². The van der Waals surface area contributed by atoms with E-state index in [0.29, 0.717) is 0 Å². The van der Waals surface area contributed by atoms with Crippen LogP contribution in [-0.4, -0.2) is 33.3 Å². The van der Waals surface area contributed by atoms with Crippen LogP contribution in [0, 0.1) is 10.1 Å². The van der Waals surface area contributed by atoms with Crippen LogP contribution in [-0.2, 0) is 9.53 Å². The van der Waals surface area contributed by atoms with E-state index < -0.39 is 17.0 Å². The third-order valence-electron chi connectivity index (χ3n) is 1.71. The number of esters is 1. The summed E-state index contributed by atoms with van der Waals surface area (Å²) in [5, 5.41) is 25.3. The molecule has 1 aromatic rings. The van der Waals surface area contributed by atoms with Gasteiger partial charge in [-0.3, -0.25) is 4.79 Å². The number of aliphatic hydroxyl groups is 1. The lowest BCUT2D eigenvalue weighted by Crippen LogP contribution is -2.08. The predicted molar refractivity (Wildman–Crippen MR) is 46.8 cm³/mol. The average Bonchev–Trinajstić information content (AvgIpc) is 2.66. The summed E-state index contributed by atoms with van der Waals surface area (Å²) >= 11 is 0. The Morgan fingerprint density at radius 1 is 1.87 bits per heavy atom. The second-order valence-corrected chi connectivity index (χ2v) is 2.73. The van der Waals surface area contributed by atoms with E-state index in [9.17, 15) is 20.0 Å². The third-order valence-corrected chi connectivity index (χ3v) is 1.71. The number of aromatic amines is 1. The molecule has 0 amide bonds. The molecule has 15 heavy (non-hydrogen) atoms. The molecule has 1 aromatic heterocycles. The third kappa shape index (κ3) is 2.74. The van der Waals surface area contributed by atoms with Gasteiger partial charge in [0, 0.05) is 0 Å². The van der Waals surface area contributed by atoms with E-state index in [-0.39, 0.29) is 17.9 Å². The summed E-state index contributed by atoms with van der Waals surface area (Å²) in [6, 6.07) is 1.06. The number of hydrogen-bond donors (Lipinski definition) is 2. The van der Waals surface area contributed by atoms with E-state index >= 15 is 0 Å². The van der Waals surface area contributed by atoms with Gasteiger partial charge in [0.2, 0.25) is 0 Å². The van der Waals surface area contributed by atoms with Crippen molar-refractivity contribution in [3.8, 4) is 0 Å². The maximum atomic E-state index is 10.8. The van der Waals surface area contributed by atoms with E-state index in [0.717, 1.165) is 6.07 Å². The summed E-state index contributed by atoms with van der Waals surface area (Å²) in [5.74, 6) is -0.956. The van der Waals surface area contributed by atoms with Crippen molar-refractivity contribution in [3.63, 3.8) is 0 Å². The lowest BCUT2D eigenvalue weighted by Gasteiger charge is -2.03. The first kappa shape index (κ1) is 11.1. The van der Waals surface area contributed by atoms with Gasteiger partial charge in [-0.15, -0.1) is 5.10 Å². The number of aromatic nitrogens is 2. The molecule has 1 atom stereocenters. The number of rotatable bonds is 4. The fourth-order valence-corrected chi connectivity index (χ4v) is 0.936. The van der Waals surface area contributed by atoms with Crippen molar-refractivity contribution in [1.82, 2.24) is 10.2 Å². The fourth-order valence-electron chi connectivity index (χ4n) is 0.936. The van der Waals surface area contributed by atoms with Gasteiger partial charge in [0.25, 0.3) is 0 Å². The predicted octanol–water partition coefficient (Wildman–Crippen LogP) is -0.0856. The molecule has 1 rings (SSSR count). The lowest BCUT2D eigenvalue weighted by atomic mass is 10.2. The second kappa shape index (κ2) is 4.51. The van der Waals surface area contributed by atoms with Crippen LogP contribution < -0.4 is 0 Å². The van der Waals surface area contributed by atoms with Crippen LogP contribution in [0.3, 0.4) is 0 Å². The van der Waals surface area contributed by atoms with E-state index in [1.807, 2.05) is 0 Å². The van der Waals surface area contributed by atoms with Crippen molar-refractivity contribution >= 4 is 11.8 Å². The summed E-state index contributed by atoms with van der Waals surface area (Å²) in [7, 11) is 1.18. The zero-order valence-corrected chi connectivity index (χ0v) is 7.84. The molecule has 0 aliphatic rings. The quantitative estimate of drug-likeness (QED) is 0.411. The lowest BCUT2D eigenvalue weighted by molar-refractivity contribution is -0.389. The molecule has 0 aliphatic carbocycles. The Morgan fingerprint density at radius 2 is 2.53 bits per heavy atom. The molecule has 1 heterocycles. The standard InChI is InChI=1S/C7H9N3O5/c1-15-7(12)3-5(11)4-2-6(9-8-4)10(13)14/h2,5,11H,3H2,1H3,(H,8,9). The number of nitro groups is 1. The van der Waals surface area contributed by atoms with Crippen LogP contribution in [0.5, 0.6) is 0 Å². The maximum Gasteiger partial charge on any atom is 0.342 e. The number of H-pyrrole nitrogens is 1. The minimum Gasteiger partial charge on any atom is -0.469 e. The molecule has 0 aromatic carbocycles. The summed E-state index contributed by atoms with van der Waals surface area (Å²) in [6.45, 7) is 0. The number of nitrogens with one attached hydrogen (secondary N) is 1. The van der Waals surface area contributed by atoms with Crippen LogP contribution in [0.25, 0.3) is 0 Å². The molecule has 2 N–H and O–H groups in total. The number of hydrogen-bond acceptors (Lipinski definition) is 6. The number of nitrogens with zero attached hydrogens (tertiary/aromatic N) is 2. The van der Waals surface area contributed by atoms with Crippen molar-refractivity contribution in [2.75, 3.05) is 7.11 Å². The minimum absolute atomic E-state index is 0.0344. The highest BCUT2D eigenvalue weighted by Crippen LogP contribution is 2.18. The molecule has 0 aliphatic heterocycles. The zero-order valence-electron chi connectivity index (χ0n) is 7.84. The molecule has 0 bridgehead atoms. The fraction of sp³-hybridized carbons (Fsp3) is 0.429. The van der Waals surface area contributed by atoms with Crippen LogP contribution in [0.4, 0.5) is 5.82 Å². The first-order chi connectivity index (χ1) is 7.04. The highest BCUT2D eigenvalue weighted by Gasteiger charge is 2.19. The number of methoxy groups -OCH3 is 1. The van der Waals surface area contributed by atoms with Crippen LogP contribution in [0.2, 0.25) is 0 Å². The topological polar surface area (TPSA) is 118 Å². The molecule has 0 saturated carbocycles. The second-order valence-electron chi connectivity index (χ2n) is 2.73. The SMILES string of the molecule is COC(=O)CC(O)c1cc([N+](=O)[O-])[nH]n1. The molecule has 0 radical (unpaired) electrons. The minimum atomic E-state index is -1.21. The van der Waals surface area contributed by atoms with Gasteiger partial charge in [-0.2, -0.15) is 0 Å². The molecule has 0 fully saturated rings. The number of carbonyl (C=O) groups is 1. The number of carbonyl (C=O) groups excluding carboxylic acids is 1. The zero-order chi connectivity index (χ0) is 11.4. The van der Waals surface area contributed by atoms with Gasteiger partial charge in [0.05, 0.1) is 19.6 Å². The first-order valence-corrected chi connectivity index (χ1v) is 3.99. The Hall–Kier alpha value is -1.96. The Balaban J connectivity index is 2.69. The van der Waals surface area contributed by atoms with Gasteiger partial charge in [-0.25, -0.2) is 0 Å². The van der Waals surface area contributed by atoms with E-state index in [1.54, 1.807) is 0 Å². The van der Waals surface area contributed by atoms with Crippen molar-refractivity contribution in [1.29, 1.82) is 0 Å². The Bertz CT molecular complexity index is 374. The van der Waals surface area contributed by atoms with Gasteiger partial charge in [0.1, 0.15) is 11.8 Å². The van der Waals surface area contributed by atoms with Gasteiger partial charge >= 0.3 is 11.8 Å². The normalized spacial score (nSPS) is 12.1. The van der Waals surface area contributed by atoms with Crippen LogP contribution in [0.15, 0.2) is 6.07 Å². The highest BCUT2D eigenvalue weighted by atomic mass is 16.6. The van der Waals surface area contributed by atoms with E-state index in [4.69, 9.17) is 0 Å². The molecular weight excluding hydrogens is 206 g/mol.